The molecule has 0 aliphatic carbocycles. The molecule has 8 heteroatoms. The molecule has 8 nitrogen and oxygen atoms in total. The highest BCUT2D eigenvalue weighted by Gasteiger charge is 2.15. The summed E-state index contributed by atoms with van der Waals surface area (Å²) in [6.45, 7) is 7.61. The number of esters is 1. The van der Waals surface area contributed by atoms with E-state index in [0.717, 1.165) is 12.0 Å². The Bertz CT molecular complexity index is 693. The standard InChI is InChI=1S/C20H29N3O5/c1-5-10-21-16(24)11-22-17(25)13-28-18(26)12-23-19(27)14-6-8-15(9-7-14)20(2,3)4/h6-9H,5,10-13H2,1-4H3,(H,21,24)(H,22,25)(H,23,27). The maximum Gasteiger partial charge on any atom is 0.325 e. The van der Waals surface area contributed by atoms with Crippen LogP contribution in [-0.4, -0.2) is 49.9 Å². The Morgan fingerprint density at radius 3 is 2.11 bits per heavy atom. The van der Waals surface area contributed by atoms with Gasteiger partial charge in [0, 0.05) is 12.1 Å². The molecular formula is C20H29N3O5. The van der Waals surface area contributed by atoms with E-state index in [4.69, 9.17) is 4.74 Å². The van der Waals surface area contributed by atoms with Crippen LogP contribution in [0.2, 0.25) is 0 Å². The Morgan fingerprint density at radius 1 is 0.893 bits per heavy atom. The Kier molecular flexibility index (Phi) is 9.14. The van der Waals surface area contributed by atoms with Gasteiger partial charge in [-0.05, 0) is 29.5 Å². The summed E-state index contributed by atoms with van der Waals surface area (Å²) in [7, 11) is 0. The molecule has 154 valence electrons. The highest BCUT2D eigenvalue weighted by atomic mass is 16.5. The van der Waals surface area contributed by atoms with E-state index in [1.807, 2.05) is 19.1 Å². The Labute approximate surface area is 165 Å². The third kappa shape index (κ3) is 8.66. The minimum absolute atomic E-state index is 0.0178. The molecule has 0 atom stereocenters. The van der Waals surface area contributed by atoms with Crippen molar-refractivity contribution in [3.8, 4) is 0 Å². The second-order valence-electron chi connectivity index (χ2n) is 7.30. The van der Waals surface area contributed by atoms with Crippen LogP contribution in [-0.2, 0) is 24.5 Å². The van der Waals surface area contributed by atoms with Crippen molar-refractivity contribution in [2.24, 2.45) is 0 Å². The molecule has 0 spiro atoms. The molecular weight excluding hydrogens is 362 g/mol. The molecule has 0 fully saturated rings. The van der Waals surface area contributed by atoms with Gasteiger partial charge in [-0.2, -0.15) is 0 Å². The van der Waals surface area contributed by atoms with Crippen LogP contribution in [0, 0.1) is 0 Å². The Hall–Kier alpha value is -2.90. The first-order chi connectivity index (χ1) is 13.1. The fourth-order valence-electron chi connectivity index (χ4n) is 2.13. The second kappa shape index (κ2) is 11.1. The molecule has 1 rings (SSSR count). The fourth-order valence-corrected chi connectivity index (χ4v) is 2.13. The molecule has 1 aromatic carbocycles. The van der Waals surface area contributed by atoms with Crippen LogP contribution in [0.5, 0.6) is 0 Å². The van der Waals surface area contributed by atoms with Gasteiger partial charge in [-0.15, -0.1) is 0 Å². The van der Waals surface area contributed by atoms with Crippen molar-refractivity contribution in [3.63, 3.8) is 0 Å². The summed E-state index contributed by atoms with van der Waals surface area (Å²) in [5.41, 5.74) is 1.50. The van der Waals surface area contributed by atoms with Crippen LogP contribution in [0.25, 0.3) is 0 Å². The molecule has 0 unspecified atom stereocenters. The van der Waals surface area contributed by atoms with Gasteiger partial charge < -0.3 is 20.7 Å². The van der Waals surface area contributed by atoms with Crippen molar-refractivity contribution in [1.82, 2.24) is 16.0 Å². The van der Waals surface area contributed by atoms with E-state index in [9.17, 15) is 19.2 Å². The van der Waals surface area contributed by atoms with Crippen LogP contribution in [0.15, 0.2) is 24.3 Å². The van der Waals surface area contributed by atoms with E-state index in [-0.39, 0.29) is 24.4 Å². The first-order valence-corrected chi connectivity index (χ1v) is 9.21. The molecule has 3 amide bonds. The van der Waals surface area contributed by atoms with Gasteiger partial charge in [0.1, 0.15) is 6.54 Å². The monoisotopic (exact) mass is 391 g/mol. The Balaban J connectivity index is 2.31. The van der Waals surface area contributed by atoms with Crippen LogP contribution in [0.3, 0.4) is 0 Å². The minimum Gasteiger partial charge on any atom is -0.454 e. The molecule has 0 heterocycles. The number of benzene rings is 1. The number of carbonyl (C=O) groups is 4. The molecule has 1 aromatic rings. The predicted octanol–water partition coefficient (Wildman–Crippen LogP) is 0.900. The van der Waals surface area contributed by atoms with Gasteiger partial charge in [0.05, 0.1) is 6.54 Å². The molecule has 28 heavy (non-hydrogen) atoms. The zero-order chi connectivity index (χ0) is 21.2. The van der Waals surface area contributed by atoms with Gasteiger partial charge >= 0.3 is 5.97 Å². The number of hydrogen-bond acceptors (Lipinski definition) is 5. The lowest BCUT2D eigenvalue weighted by molar-refractivity contribution is -0.147. The van der Waals surface area contributed by atoms with Crippen LogP contribution in [0.4, 0.5) is 0 Å². The van der Waals surface area contributed by atoms with E-state index in [2.05, 4.69) is 36.7 Å². The third-order valence-electron chi connectivity index (χ3n) is 3.79. The van der Waals surface area contributed by atoms with E-state index < -0.39 is 24.4 Å². The summed E-state index contributed by atoms with van der Waals surface area (Å²) in [5.74, 6) is -2.06. The van der Waals surface area contributed by atoms with Gasteiger partial charge in [0.2, 0.25) is 5.91 Å². The van der Waals surface area contributed by atoms with Gasteiger partial charge in [-0.1, -0.05) is 39.8 Å². The van der Waals surface area contributed by atoms with Crippen LogP contribution >= 0.6 is 0 Å². The highest BCUT2D eigenvalue weighted by molar-refractivity contribution is 5.96. The quantitative estimate of drug-likeness (QED) is 0.541. The minimum atomic E-state index is -0.745. The SMILES string of the molecule is CCCNC(=O)CNC(=O)COC(=O)CNC(=O)c1ccc(C(C)(C)C)cc1. The Morgan fingerprint density at radius 2 is 1.54 bits per heavy atom. The molecule has 0 radical (unpaired) electrons. The number of amides is 3. The third-order valence-corrected chi connectivity index (χ3v) is 3.79. The number of ether oxygens (including phenoxy) is 1. The van der Waals surface area contributed by atoms with Crippen molar-refractivity contribution in [2.45, 2.75) is 39.5 Å². The van der Waals surface area contributed by atoms with Crippen molar-refractivity contribution in [1.29, 1.82) is 0 Å². The number of rotatable bonds is 9. The fraction of sp³-hybridized carbons (Fsp3) is 0.500. The van der Waals surface area contributed by atoms with Gasteiger partial charge in [-0.3, -0.25) is 19.2 Å². The number of nitrogens with one attached hydrogen (secondary N) is 3. The summed E-state index contributed by atoms with van der Waals surface area (Å²) in [6.07, 6.45) is 0.795. The lowest BCUT2D eigenvalue weighted by Crippen LogP contribution is -2.39. The summed E-state index contributed by atoms with van der Waals surface area (Å²) in [6, 6.07) is 7.12. The van der Waals surface area contributed by atoms with Crippen molar-refractivity contribution < 1.29 is 23.9 Å². The number of hydrogen-bond donors (Lipinski definition) is 3. The van der Waals surface area contributed by atoms with Gasteiger partial charge in [0.15, 0.2) is 6.61 Å². The zero-order valence-corrected chi connectivity index (χ0v) is 16.9. The summed E-state index contributed by atoms with van der Waals surface area (Å²) in [5, 5.41) is 7.39. The molecule has 0 aromatic heterocycles. The molecule has 0 saturated heterocycles. The second-order valence-corrected chi connectivity index (χ2v) is 7.30. The summed E-state index contributed by atoms with van der Waals surface area (Å²) in [4.78, 5) is 46.6. The maximum absolute atomic E-state index is 12.1. The average Bonchev–Trinajstić information content (AvgIpc) is 2.66. The summed E-state index contributed by atoms with van der Waals surface area (Å²) < 4.78 is 4.77. The molecule has 0 saturated carbocycles. The van der Waals surface area contributed by atoms with Gasteiger partial charge in [-0.25, -0.2) is 0 Å². The number of carbonyl (C=O) groups excluding carboxylic acids is 4. The molecule has 0 aliphatic rings. The molecule has 0 bridgehead atoms. The maximum atomic E-state index is 12.1. The summed E-state index contributed by atoms with van der Waals surface area (Å²) >= 11 is 0. The zero-order valence-electron chi connectivity index (χ0n) is 16.9. The largest absolute Gasteiger partial charge is 0.454 e. The lowest BCUT2D eigenvalue weighted by atomic mass is 9.87. The molecule has 3 N–H and O–H groups in total. The smallest absolute Gasteiger partial charge is 0.325 e. The average molecular weight is 391 g/mol. The van der Waals surface area contributed by atoms with Gasteiger partial charge in [0.25, 0.3) is 11.8 Å². The van der Waals surface area contributed by atoms with E-state index in [0.29, 0.717) is 12.1 Å². The molecule has 0 aliphatic heterocycles. The van der Waals surface area contributed by atoms with Crippen molar-refractivity contribution >= 4 is 23.7 Å². The normalized spacial score (nSPS) is 10.7. The van der Waals surface area contributed by atoms with Crippen LogP contribution < -0.4 is 16.0 Å². The highest BCUT2D eigenvalue weighted by Crippen LogP contribution is 2.22. The van der Waals surface area contributed by atoms with E-state index in [1.165, 1.54) is 0 Å². The lowest BCUT2D eigenvalue weighted by Gasteiger charge is -2.19. The first-order valence-electron chi connectivity index (χ1n) is 9.21. The van der Waals surface area contributed by atoms with Crippen molar-refractivity contribution in [3.05, 3.63) is 35.4 Å². The van der Waals surface area contributed by atoms with E-state index >= 15 is 0 Å². The topological polar surface area (TPSA) is 114 Å². The van der Waals surface area contributed by atoms with E-state index in [1.54, 1.807) is 12.1 Å². The van der Waals surface area contributed by atoms with Crippen molar-refractivity contribution in [2.75, 3.05) is 26.2 Å². The first kappa shape index (κ1) is 23.1. The van der Waals surface area contributed by atoms with Crippen LogP contribution in [0.1, 0.15) is 50.0 Å². The predicted molar refractivity (Wildman–Crippen MR) is 105 cm³/mol.